The number of ether oxygens (including phenoxy) is 1. The SMILES string of the molecule is CC(C)n1nc(-c2cnc(N)c(OC(F)F)c2)cc1[C@H]1[C@@H]2CC(N3CC[C@H](F)C3)C[C@@H]21. The highest BCUT2D eigenvalue weighted by molar-refractivity contribution is 5.64. The number of rotatable bonds is 6. The van der Waals surface area contributed by atoms with Gasteiger partial charge in [0.05, 0.1) is 5.69 Å². The minimum Gasteiger partial charge on any atom is -0.431 e. The molecular formula is C22H28F3N5O. The van der Waals surface area contributed by atoms with Crippen LogP contribution in [0.4, 0.5) is 19.0 Å². The Balaban J connectivity index is 1.36. The van der Waals surface area contributed by atoms with Crippen LogP contribution in [0.1, 0.15) is 50.8 Å². The van der Waals surface area contributed by atoms with Crippen molar-refractivity contribution in [1.29, 1.82) is 0 Å². The Labute approximate surface area is 179 Å². The number of alkyl halides is 3. The highest BCUT2D eigenvalue weighted by Crippen LogP contribution is 2.64. The highest BCUT2D eigenvalue weighted by Gasteiger charge is 2.59. The third-order valence-corrected chi connectivity index (χ3v) is 7.09. The van der Waals surface area contributed by atoms with Gasteiger partial charge in [0.15, 0.2) is 11.6 Å². The molecule has 2 N–H and O–H groups in total. The predicted molar refractivity (Wildman–Crippen MR) is 111 cm³/mol. The van der Waals surface area contributed by atoms with Crippen LogP contribution < -0.4 is 10.5 Å². The van der Waals surface area contributed by atoms with Crippen LogP contribution in [0.25, 0.3) is 11.3 Å². The normalized spacial score (nSPS) is 30.4. The van der Waals surface area contributed by atoms with Crippen molar-refractivity contribution >= 4 is 5.82 Å². The van der Waals surface area contributed by atoms with Crippen molar-refractivity contribution in [3.8, 4) is 17.0 Å². The van der Waals surface area contributed by atoms with Crippen LogP contribution in [0.5, 0.6) is 5.75 Å². The van der Waals surface area contributed by atoms with Gasteiger partial charge < -0.3 is 10.5 Å². The van der Waals surface area contributed by atoms with Gasteiger partial charge in [0.2, 0.25) is 0 Å². The second-order valence-corrected chi connectivity index (χ2v) is 9.34. The lowest BCUT2D eigenvalue weighted by Crippen LogP contribution is -2.33. The van der Waals surface area contributed by atoms with E-state index in [-0.39, 0.29) is 17.6 Å². The van der Waals surface area contributed by atoms with E-state index >= 15 is 0 Å². The maximum atomic E-state index is 13.6. The maximum Gasteiger partial charge on any atom is 0.387 e. The van der Waals surface area contributed by atoms with Crippen LogP contribution in [0, 0.1) is 11.8 Å². The molecule has 5 rings (SSSR count). The molecule has 2 aromatic rings. The molecule has 9 heteroatoms. The zero-order valence-corrected chi connectivity index (χ0v) is 17.7. The molecule has 2 aromatic heterocycles. The first-order chi connectivity index (χ1) is 14.8. The van der Waals surface area contributed by atoms with Gasteiger partial charge in [-0.2, -0.15) is 13.9 Å². The van der Waals surface area contributed by atoms with Crippen molar-refractivity contribution in [2.45, 2.75) is 63.9 Å². The maximum absolute atomic E-state index is 13.6. The van der Waals surface area contributed by atoms with Gasteiger partial charge in [-0.1, -0.05) is 0 Å². The molecule has 3 fully saturated rings. The van der Waals surface area contributed by atoms with Crippen molar-refractivity contribution in [1.82, 2.24) is 19.7 Å². The van der Waals surface area contributed by atoms with Gasteiger partial charge in [0, 0.05) is 48.5 Å². The third-order valence-electron chi connectivity index (χ3n) is 7.09. The largest absolute Gasteiger partial charge is 0.431 e. The molecule has 2 saturated carbocycles. The van der Waals surface area contributed by atoms with Crippen LogP contribution in [-0.2, 0) is 0 Å². The first kappa shape index (κ1) is 20.6. The molecular weight excluding hydrogens is 407 g/mol. The molecule has 0 amide bonds. The van der Waals surface area contributed by atoms with E-state index in [2.05, 4.69) is 28.5 Å². The quantitative estimate of drug-likeness (QED) is 0.735. The number of anilines is 1. The smallest absolute Gasteiger partial charge is 0.387 e. The first-order valence-electron chi connectivity index (χ1n) is 11.0. The molecule has 5 atom stereocenters. The van der Waals surface area contributed by atoms with Gasteiger partial charge in [-0.05, 0) is 57.1 Å². The summed E-state index contributed by atoms with van der Waals surface area (Å²) in [7, 11) is 0. The molecule has 168 valence electrons. The van der Waals surface area contributed by atoms with E-state index < -0.39 is 12.8 Å². The average Bonchev–Trinajstić information content (AvgIpc) is 3.16. The zero-order valence-electron chi connectivity index (χ0n) is 17.7. The molecule has 2 aliphatic carbocycles. The lowest BCUT2D eigenvalue weighted by molar-refractivity contribution is -0.0494. The molecule has 0 radical (unpaired) electrons. The molecule has 1 unspecified atom stereocenters. The highest BCUT2D eigenvalue weighted by atomic mass is 19.3. The molecule has 3 heterocycles. The number of nitrogens with zero attached hydrogens (tertiary/aromatic N) is 4. The Morgan fingerprint density at radius 1 is 1.19 bits per heavy atom. The van der Waals surface area contributed by atoms with E-state index in [1.807, 2.05) is 10.7 Å². The van der Waals surface area contributed by atoms with Gasteiger partial charge in [0.1, 0.15) is 6.17 Å². The number of aromatic nitrogens is 3. The van der Waals surface area contributed by atoms with Gasteiger partial charge in [-0.25, -0.2) is 9.37 Å². The summed E-state index contributed by atoms with van der Waals surface area (Å²) in [5, 5.41) is 4.76. The summed E-state index contributed by atoms with van der Waals surface area (Å²) in [6, 6.07) is 4.18. The Morgan fingerprint density at radius 3 is 2.55 bits per heavy atom. The fourth-order valence-electron chi connectivity index (χ4n) is 5.62. The predicted octanol–water partition coefficient (Wildman–Crippen LogP) is 4.25. The van der Waals surface area contributed by atoms with Crippen LogP contribution in [0.2, 0.25) is 0 Å². The second kappa shape index (κ2) is 7.69. The van der Waals surface area contributed by atoms with E-state index in [9.17, 15) is 13.2 Å². The summed E-state index contributed by atoms with van der Waals surface area (Å²) in [5.74, 6) is 1.44. The lowest BCUT2D eigenvalue weighted by atomic mass is 10.0. The Bertz CT molecular complexity index is 953. The van der Waals surface area contributed by atoms with Gasteiger partial charge >= 0.3 is 6.61 Å². The minimum absolute atomic E-state index is 0.0761. The molecule has 6 nitrogen and oxygen atoms in total. The number of nitrogens with two attached hydrogens (primary N) is 1. The van der Waals surface area contributed by atoms with Gasteiger partial charge in [0.25, 0.3) is 0 Å². The standard InChI is InChI=1S/C22H28F3N5O/c1-11(2)30-18(20-15-6-14(7-16(15)20)29-4-3-13(23)10-29)8-17(28-30)12-5-19(31-22(24)25)21(26)27-9-12/h5,8-9,11,13-16,20,22H,3-4,6-7,10H2,1-2H3,(H2,26,27)/t13-,14?,15-,16+,20+/m0/s1. The van der Waals surface area contributed by atoms with E-state index in [4.69, 9.17) is 10.8 Å². The molecule has 0 bridgehead atoms. The van der Waals surface area contributed by atoms with Gasteiger partial charge in [-0.3, -0.25) is 9.58 Å². The molecule has 3 aliphatic rings. The number of halogens is 3. The Hall–Kier alpha value is -2.29. The molecule has 31 heavy (non-hydrogen) atoms. The summed E-state index contributed by atoms with van der Waals surface area (Å²) in [6.07, 6.45) is 3.73. The van der Waals surface area contributed by atoms with Crippen molar-refractivity contribution in [2.24, 2.45) is 11.8 Å². The van der Waals surface area contributed by atoms with Crippen molar-refractivity contribution < 1.29 is 17.9 Å². The van der Waals surface area contributed by atoms with Gasteiger partial charge in [-0.15, -0.1) is 0 Å². The van der Waals surface area contributed by atoms with E-state index in [0.29, 0.717) is 48.0 Å². The molecule has 1 aliphatic heterocycles. The van der Waals surface area contributed by atoms with E-state index in [1.54, 1.807) is 0 Å². The number of pyridine rings is 1. The Morgan fingerprint density at radius 2 is 1.94 bits per heavy atom. The molecule has 0 spiro atoms. The first-order valence-corrected chi connectivity index (χ1v) is 11.0. The number of likely N-dealkylation sites (tertiary alicyclic amines) is 1. The number of fused-ring (bicyclic) bond motifs is 1. The number of nitrogen functional groups attached to an aromatic ring is 1. The Kier molecular flexibility index (Phi) is 5.11. The molecule has 1 saturated heterocycles. The van der Waals surface area contributed by atoms with E-state index in [1.165, 1.54) is 18.0 Å². The summed E-state index contributed by atoms with van der Waals surface area (Å²) in [5.41, 5.74) is 8.12. The van der Waals surface area contributed by atoms with Crippen molar-refractivity contribution in [3.05, 3.63) is 24.0 Å². The van der Waals surface area contributed by atoms with E-state index in [0.717, 1.165) is 19.4 Å². The second-order valence-electron chi connectivity index (χ2n) is 9.34. The topological polar surface area (TPSA) is 69.2 Å². The van der Waals surface area contributed by atoms with Crippen LogP contribution in [0.3, 0.4) is 0 Å². The third kappa shape index (κ3) is 3.77. The fourth-order valence-corrected chi connectivity index (χ4v) is 5.62. The number of hydrogen-bond donors (Lipinski definition) is 1. The summed E-state index contributed by atoms with van der Waals surface area (Å²) in [6.45, 7) is 2.65. The average molecular weight is 435 g/mol. The number of hydrogen-bond acceptors (Lipinski definition) is 5. The van der Waals surface area contributed by atoms with Crippen LogP contribution in [-0.4, -0.2) is 51.6 Å². The zero-order chi connectivity index (χ0) is 21.9. The van der Waals surface area contributed by atoms with Crippen LogP contribution in [0.15, 0.2) is 18.3 Å². The summed E-state index contributed by atoms with van der Waals surface area (Å²) in [4.78, 5) is 6.33. The fraction of sp³-hybridized carbons (Fsp3) is 0.636. The monoisotopic (exact) mass is 435 g/mol. The summed E-state index contributed by atoms with van der Waals surface area (Å²) >= 11 is 0. The minimum atomic E-state index is -2.97. The van der Waals surface area contributed by atoms with Crippen molar-refractivity contribution in [3.63, 3.8) is 0 Å². The van der Waals surface area contributed by atoms with Crippen LogP contribution >= 0.6 is 0 Å². The lowest BCUT2D eigenvalue weighted by Gasteiger charge is -2.25. The van der Waals surface area contributed by atoms with Crippen molar-refractivity contribution in [2.75, 3.05) is 18.8 Å². The summed E-state index contributed by atoms with van der Waals surface area (Å²) < 4.78 is 45.5. The molecule has 0 aromatic carbocycles.